The number of phenols is 1. The fourth-order valence-electron chi connectivity index (χ4n) is 3.17. The number of phenolic OH excluding ortho intramolecular Hbond substituents is 1. The topological polar surface area (TPSA) is 98.3 Å². The highest BCUT2D eigenvalue weighted by Crippen LogP contribution is 2.35. The third-order valence-corrected chi connectivity index (χ3v) is 4.44. The molecule has 0 saturated heterocycles. The van der Waals surface area contributed by atoms with Crippen LogP contribution in [0.15, 0.2) is 78.9 Å². The van der Waals surface area contributed by atoms with E-state index in [-0.39, 0.29) is 17.8 Å². The molecule has 0 unspecified atom stereocenters. The van der Waals surface area contributed by atoms with Crippen LogP contribution in [0.5, 0.6) is 11.5 Å². The van der Waals surface area contributed by atoms with Crippen LogP contribution in [0.4, 0.5) is 0 Å². The normalized spacial score (nSPS) is 11.2. The Bertz CT molecular complexity index is 958. The SMILES string of the molecule is CC/C(=C(/c1ccc(O)cc1)c1ccc(OCC(=O)O)cc1)c1ccccc1.O. The van der Waals surface area contributed by atoms with Gasteiger partial charge in [-0.1, -0.05) is 61.5 Å². The maximum atomic E-state index is 10.7. The zero-order valence-electron chi connectivity index (χ0n) is 16.1. The molecular weight excluding hydrogens is 368 g/mol. The first kappa shape index (κ1) is 21.7. The van der Waals surface area contributed by atoms with Crippen molar-refractivity contribution in [2.24, 2.45) is 0 Å². The molecule has 0 amide bonds. The molecule has 5 nitrogen and oxygen atoms in total. The molecule has 4 N–H and O–H groups in total. The second-order valence-electron chi connectivity index (χ2n) is 6.33. The molecule has 0 fully saturated rings. The second kappa shape index (κ2) is 10.1. The molecule has 0 spiro atoms. The Morgan fingerprint density at radius 1 is 0.828 bits per heavy atom. The van der Waals surface area contributed by atoms with Crippen molar-refractivity contribution in [2.75, 3.05) is 6.61 Å². The number of benzene rings is 3. The summed E-state index contributed by atoms with van der Waals surface area (Å²) < 4.78 is 5.25. The maximum absolute atomic E-state index is 10.7. The Balaban J connectivity index is 0.00000300. The Morgan fingerprint density at radius 3 is 1.90 bits per heavy atom. The highest BCUT2D eigenvalue weighted by Gasteiger charge is 2.13. The summed E-state index contributed by atoms with van der Waals surface area (Å²) in [6.45, 7) is 1.75. The molecular formula is C24H24O5. The number of rotatable bonds is 7. The molecule has 3 aromatic rings. The fraction of sp³-hybridized carbons (Fsp3) is 0.125. The van der Waals surface area contributed by atoms with Crippen molar-refractivity contribution in [1.82, 2.24) is 0 Å². The summed E-state index contributed by atoms with van der Waals surface area (Å²) in [6, 6.07) is 24.8. The van der Waals surface area contributed by atoms with Gasteiger partial charge in [0, 0.05) is 0 Å². The average Bonchev–Trinajstić information content (AvgIpc) is 2.72. The van der Waals surface area contributed by atoms with Gasteiger partial charge in [0.15, 0.2) is 6.61 Å². The third-order valence-electron chi connectivity index (χ3n) is 4.44. The summed E-state index contributed by atoms with van der Waals surface area (Å²) in [5, 5.41) is 18.4. The number of allylic oxidation sites excluding steroid dienone is 1. The molecule has 0 aliphatic heterocycles. The van der Waals surface area contributed by atoms with Crippen molar-refractivity contribution in [1.29, 1.82) is 0 Å². The number of aliphatic carboxylic acids is 1. The fourth-order valence-corrected chi connectivity index (χ4v) is 3.17. The molecule has 150 valence electrons. The number of ether oxygens (including phenoxy) is 1. The highest BCUT2D eigenvalue weighted by molar-refractivity contribution is 5.98. The zero-order valence-corrected chi connectivity index (χ0v) is 16.1. The van der Waals surface area contributed by atoms with Crippen LogP contribution in [-0.4, -0.2) is 28.3 Å². The summed E-state index contributed by atoms with van der Waals surface area (Å²) in [5.41, 5.74) is 5.38. The van der Waals surface area contributed by atoms with Crippen molar-refractivity contribution in [3.05, 3.63) is 95.6 Å². The van der Waals surface area contributed by atoms with Gasteiger partial charge in [0.2, 0.25) is 0 Å². The molecule has 3 rings (SSSR count). The molecule has 29 heavy (non-hydrogen) atoms. The molecule has 0 saturated carbocycles. The van der Waals surface area contributed by atoms with E-state index in [1.54, 1.807) is 24.3 Å². The Hall–Kier alpha value is -3.57. The van der Waals surface area contributed by atoms with E-state index in [0.717, 1.165) is 28.7 Å². The monoisotopic (exact) mass is 392 g/mol. The molecule has 0 bridgehead atoms. The van der Waals surface area contributed by atoms with E-state index in [0.29, 0.717) is 5.75 Å². The van der Waals surface area contributed by atoms with Crippen LogP contribution in [0.1, 0.15) is 30.0 Å². The molecule has 0 aromatic heterocycles. The zero-order chi connectivity index (χ0) is 19.9. The first-order valence-corrected chi connectivity index (χ1v) is 9.11. The second-order valence-corrected chi connectivity index (χ2v) is 6.33. The van der Waals surface area contributed by atoms with Gasteiger partial charge in [-0.2, -0.15) is 0 Å². The Labute approximate surface area is 169 Å². The van der Waals surface area contributed by atoms with Crippen LogP contribution in [0.25, 0.3) is 11.1 Å². The van der Waals surface area contributed by atoms with Gasteiger partial charge in [0.25, 0.3) is 0 Å². The largest absolute Gasteiger partial charge is 0.508 e. The maximum Gasteiger partial charge on any atom is 0.341 e. The summed E-state index contributed by atoms with van der Waals surface area (Å²) in [4.78, 5) is 10.7. The van der Waals surface area contributed by atoms with Gasteiger partial charge in [0.1, 0.15) is 11.5 Å². The molecule has 0 aliphatic carbocycles. The van der Waals surface area contributed by atoms with E-state index in [9.17, 15) is 9.90 Å². The van der Waals surface area contributed by atoms with Gasteiger partial charge < -0.3 is 20.4 Å². The van der Waals surface area contributed by atoms with E-state index in [2.05, 4.69) is 19.1 Å². The minimum absolute atomic E-state index is 0. The molecule has 0 heterocycles. The minimum atomic E-state index is -1.01. The lowest BCUT2D eigenvalue weighted by Gasteiger charge is -2.17. The molecule has 3 aromatic carbocycles. The molecule has 0 aliphatic rings. The number of hydrogen-bond acceptors (Lipinski definition) is 3. The lowest BCUT2D eigenvalue weighted by molar-refractivity contribution is -0.139. The minimum Gasteiger partial charge on any atom is -0.508 e. The van der Waals surface area contributed by atoms with E-state index in [1.165, 1.54) is 5.57 Å². The van der Waals surface area contributed by atoms with Gasteiger partial charge in [-0.15, -0.1) is 0 Å². The van der Waals surface area contributed by atoms with Gasteiger partial charge in [-0.3, -0.25) is 0 Å². The molecule has 5 heteroatoms. The van der Waals surface area contributed by atoms with Gasteiger partial charge >= 0.3 is 5.97 Å². The van der Waals surface area contributed by atoms with Crippen LogP contribution in [0, 0.1) is 0 Å². The highest BCUT2D eigenvalue weighted by atomic mass is 16.5. The summed E-state index contributed by atoms with van der Waals surface area (Å²) in [7, 11) is 0. The molecule has 0 atom stereocenters. The Kier molecular flexibility index (Phi) is 7.57. The van der Waals surface area contributed by atoms with Crippen molar-refractivity contribution in [3.63, 3.8) is 0 Å². The number of aromatic hydroxyl groups is 1. The lowest BCUT2D eigenvalue weighted by Crippen LogP contribution is -2.09. The van der Waals surface area contributed by atoms with E-state index < -0.39 is 5.97 Å². The average molecular weight is 392 g/mol. The van der Waals surface area contributed by atoms with Gasteiger partial charge in [-0.05, 0) is 58.5 Å². The number of carbonyl (C=O) groups is 1. The number of carboxylic acid groups (broad SMARTS) is 1. The summed E-state index contributed by atoms with van der Waals surface area (Å²) in [6.07, 6.45) is 0.831. The van der Waals surface area contributed by atoms with E-state index in [4.69, 9.17) is 9.84 Å². The van der Waals surface area contributed by atoms with Crippen molar-refractivity contribution < 1.29 is 25.2 Å². The smallest absolute Gasteiger partial charge is 0.341 e. The first-order chi connectivity index (χ1) is 13.6. The van der Waals surface area contributed by atoms with Crippen molar-refractivity contribution in [3.8, 4) is 11.5 Å². The predicted molar refractivity (Wildman–Crippen MR) is 114 cm³/mol. The van der Waals surface area contributed by atoms with Crippen LogP contribution < -0.4 is 4.74 Å². The standard InChI is InChI=1S/C24H22O4.H2O/c1-2-22(17-6-4-3-5-7-17)24(18-8-12-20(25)13-9-18)19-10-14-21(15-11-19)28-16-23(26)27;/h3-15,25H,2,16H2,1H3,(H,26,27);1H2/b24-22+;. The van der Waals surface area contributed by atoms with Crippen molar-refractivity contribution in [2.45, 2.75) is 13.3 Å². The van der Waals surface area contributed by atoms with Crippen LogP contribution in [-0.2, 0) is 4.79 Å². The summed E-state index contributed by atoms with van der Waals surface area (Å²) in [5.74, 6) is -0.279. The lowest BCUT2D eigenvalue weighted by atomic mass is 9.88. The number of carboxylic acids is 1. The quantitative estimate of drug-likeness (QED) is 0.582. The number of hydrogen-bond donors (Lipinski definition) is 2. The van der Waals surface area contributed by atoms with E-state index >= 15 is 0 Å². The first-order valence-electron chi connectivity index (χ1n) is 9.11. The van der Waals surface area contributed by atoms with E-state index in [1.807, 2.05) is 42.5 Å². The summed E-state index contributed by atoms with van der Waals surface area (Å²) >= 11 is 0. The third kappa shape index (κ3) is 5.46. The molecule has 0 radical (unpaired) electrons. The Morgan fingerprint density at radius 2 is 1.38 bits per heavy atom. The van der Waals surface area contributed by atoms with Gasteiger partial charge in [0.05, 0.1) is 0 Å². The predicted octanol–water partition coefficient (Wildman–Crippen LogP) is 4.40. The van der Waals surface area contributed by atoms with Crippen LogP contribution in [0.2, 0.25) is 0 Å². The van der Waals surface area contributed by atoms with Crippen LogP contribution >= 0.6 is 0 Å². The van der Waals surface area contributed by atoms with Crippen molar-refractivity contribution >= 4 is 17.1 Å². The van der Waals surface area contributed by atoms with Crippen LogP contribution in [0.3, 0.4) is 0 Å². The van der Waals surface area contributed by atoms with Gasteiger partial charge in [-0.25, -0.2) is 4.79 Å².